The molecule has 0 aliphatic carbocycles. The van der Waals surface area contributed by atoms with Crippen molar-refractivity contribution in [2.75, 3.05) is 40.7 Å². The van der Waals surface area contributed by atoms with Crippen LogP contribution >= 0.6 is 11.8 Å². The lowest BCUT2D eigenvalue weighted by atomic mass is 10.1. The van der Waals surface area contributed by atoms with E-state index in [9.17, 15) is 4.79 Å². The summed E-state index contributed by atoms with van der Waals surface area (Å²) in [5.74, 6) is 1.83. The van der Waals surface area contributed by atoms with Crippen LogP contribution < -0.4 is 24.3 Å². The standard InChI is InChI=1S/C23H25N3O5S/c1-28-18-12-15(13-19(29-2)21(18)30-3)20-17(14-25-23(26-20)32-4)22(27)24-10-11-31-16-8-6-5-7-9-16/h5-9,12-14H,10-11H2,1-4H3,(H,24,27). The fraction of sp³-hybridized carbons (Fsp3) is 0.261. The molecular weight excluding hydrogens is 430 g/mol. The van der Waals surface area contributed by atoms with E-state index in [1.54, 1.807) is 12.1 Å². The number of ether oxygens (including phenoxy) is 4. The van der Waals surface area contributed by atoms with E-state index in [0.717, 1.165) is 5.75 Å². The van der Waals surface area contributed by atoms with Gasteiger partial charge in [-0.3, -0.25) is 4.79 Å². The Morgan fingerprint density at radius 2 is 1.72 bits per heavy atom. The molecule has 3 aromatic rings. The van der Waals surface area contributed by atoms with Gasteiger partial charge in [0.15, 0.2) is 16.7 Å². The van der Waals surface area contributed by atoms with Crippen molar-refractivity contribution in [2.45, 2.75) is 5.16 Å². The molecule has 3 rings (SSSR count). The van der Waals surface area contributed by atoms with Crippen molar-refractivity contribution in [3.63, 3.8) is 0 Å². The van der Waals surface area contributed by atoms with Gasteiger partial charge in [0.2, 0.25) is 5.75 Å². The summed E-state index contributed by atoms with van der Waals surface area (Å²) >= 11 is 1.38. The highest BCUT2D eigenvalue weighted by atomic mass is 32.2. The predicted molar refractivity (Wildman–Crippen MR) is 123 cm³/mol. The van der Waals surface area contributed by atoms with E-state index in [0.29, 0.717) is 52.4 Å². The van der Waals surface area contributed by atoms with Gasteiger partial charge in [0, 0.05) is 11.8 Å². The molecule has 0 atom stereocenters. The summed E-state index contributed by atoms with van der Waals surface area (Å²) in [6.45, 7) is 0.658. The summed E-state index contributed by atoms with van der Waals surface area (Å²) < 4.78 is 21.9. The molecular formula is C23H25N3O5S. The van der Waals surface area contributed by atoms with Crippen molar-refractivity contribution >= 4 is 17.7 Å². The molecule has 0 bridgehead atoms. The molecule has 1 aromatic heterocycles. The molecule has 1 N–H and O–H groups in total. The zero-order valence-corrected chi connectivity index (χ0v) is 19.2. The second-order valence-corrected chi connectivity index (χ2v) is 7.22. The molecule has 1 heterocycles. The van der Waals surface area contributed by atoms with E-state index in [2.05, 4.69) is 15.3 Å². The number of hydrogen-bond donors (Lipinski definition) is 1. The van der Waals surface area contributed by atoms with E-state index in [1.807, 2.05) is 36.6 Å². The first kappa shape index (κ1) is 23.2. The maximum atomic E-state index is 12.9. The van der Waals surface area contributed by atoms with Crippen molar-refractivity contribution in [3.05, 3.63) is 54.2 Å². The fourth-order valence-corrected chi connectivity index (χ4v) is 3.35. The molecule has 168 valence electrons. The van der Waals surface area contributed by atoms with E-state index in [-0.39, 0.29) is 5.91 Å². The zero-order valence-electron chi connectivity index (χ0n) is 18.4. The highest BCUT2D eigenvalue weighted by molar-refractivity contribution is 7.98. The molecule has 2 aromatic carbocycles. The van der Waals surface area contributed by atoms with Gasteiger partial charge in [0.25, 0.3) is 5.91 Å². The lowest BCUT2D eigenvalue weighted by Gasteiger charge is -2.16. The number of rotatable bonds is 10. The van der Waals surface area contributed by atoms with Gasteiger partial charge in [0.05, 0.1) is 39.1 Å². The summed E-state index contributed by atoms with van der Waals surface area (Å²) in [6.07, 6.45) is 3.39. The van der Waals surface area contributed by atoms with Gasteiger partial charge in [-0.05, 0) is 30.5 Å². The number of amides is 1. The van der Waals surface area contributed by atoms with Crippen LogP contribution in [0.5, 0.6) is 23.0 Å². The third-order valence-corrected chi connectivity index (χ3v) is 5.09. The predicted octanol–water partition coefficient (Wildman–Crippen LogP) is 3.70. The molecule has 0 radical (unpaired) electrons. The smallest absolute Gasteiger partial charge is 0.255 e. The van der Waals surface area contributed by atoms with E-state index >= 15 is 0 Å². The van der Waals surface area contributed by atoms with Crippen LogP contribution in [0.4, 0.5) is 0 Å². The van der Waals surface area contributed by atoms with Crippen LogP contribution in [0.1, 0.15) is 10.4 Å². The van der Waals surface area contributed by atoms with Crippen LogP contribution in [0.3, 0.4) is 0 Å². The Hall–Kier alpha value is -3.46. The van der Waals surface area contributed by atoms with Crippen LogP contribution in [0.15, 0.2) is 53.8 Å². The van der Waals surface area contributed by atoms with Crippen molar-refractivity contribution in [3.8, 4) is 34.3 Å². The van der Waals surface area contributed by atoms with Gasteiger partial charge in [-0.2, -0.15) is 0 Å². The van der Waals surface area contributed by atoms with E-state index < -0.39 is 0 Å². The molecule has 0 fully saturated rings. The Kier molecular flexibility index (Phi) is 8.15. The average Bonchev–Trinajstić information content (AvgIpc) is 2.85. The number of nitrogens with zero attached hydrogens (tertiary/aromatic N) is 2. The van der Waals surface area contributed by atoms with Gasteiger partial charge in [-0.1, -0.05) is 30.0 Å². The molecule has 0 aliphatic heterocycles. The van der Waals surface area contributed by atoms with Gasteiger partial charge in [0.1, 0.15) is 12.4 Å². The largest absolute Gasteiger partial charge is 0.493 e. The van der Waals surface area contributed by atoms with E-state index in [1.165, 1.54) is 39.3 Å². The zero-order chi connectivity index (χ0) is 22.9. The maximum absolute atomic E-state index is 12.9. The molecule has 0 spiro atoms. The van der Waals surface area contributed by atoms with Crippen LogP contribution in [0.25, 0.3) is 11.3 Å². The van der Waals surface area contributed by atoms with Gasteiger partial charge >= 0.3 is 0 Å². The number of carbonyl (C=O) groups is 1. The number of thioether (sulfide) groups is 1. The quantitative estimate of drug-likeness (QED) is 0.281. The molecule has 0 saturated carbocycles. The Balaban J connectivity index is 1.86. The first-order valence-electron chi connectivity index (χ1n) is 9.78. The van der Waals surface area contributed by atoms with Crippen LogP contribution in [0.2, 0.25) is 0 Å². The molecule has 0 unspecified atom stereocenters. The van der Waals surface area contributed by atoms with Crippen molar-refractivity contribution in [1.82, 2.24) is 15.3 Å². The van der Waals surface area contributed by atoms with Crippen LogP contribution in [-0.2, 0) is 0 Å². The van der Waals surface area contributed by atoms with Crippen LogP contribution in [-0.4, -0.2) is 56.6 Å². The highest BCUT2D eigenvalue weighted by Gasteiger charge is 2.20. The molecule has 0 aliphatic rings. The molecule has 8 nitrogen and oxygen atoms in total. The van der Waals surface area contributed by atoms with E-state index in [4.69, 9.17) is 18.9 Å². The lowest BCUT2D eigenvalue weighted by Crippen LogP contribution is -2.29. The normalized spacial score (nSPS) is 10.4. The number of methoxy groups -OCH3 is 3. The Morgan fingerprint density at radius 1 is 1.03 bits per heavy atom. The maximum Gasteiger partial charge on any atom is 0.255 e. The number of aromatic nitrogens is 2. The Morgan fingerprint density at radius 3 is 2.31 bits per heavy atom. The highest BCUT2D eigenvalue weighted by Crippen LogP contribution is 2.41. The van der Waals surface area contributed by atoms with Crippen molar-refractivity contribution in [1.29, 1.82) is 0 Å². The number of hydrogen-bond acceptors (Lipinski definition) is 8. The number of carbonyl (C=O) groups excluding carboxylic acids is 1. The third kappa shape index (κ3) is 5.42. The Bertz CT molecular complexity index is 1040. The molecule has 9 heteroatoms. The molecule has 0 saturated heterocycles. The fourth-order valence-electron chi connectivity index (χ4n) is 3.01. The minimum atomic E-state index is -0.307. The number of nitrogens with one attached hydrogen (secondary N) is 1. The van der Waals surface area contributed by atoms with Gasteiger partial charge in [-0.25, -0.2) is 9.97 Å². The van der Waals surface area contributed by atoms with Crippen molar-refractivity contribution < 1.29 is 23.7 Å². The van der Waals surface area contributed by atoms with Gasteiger partial charge < -0.3 is 24.3 Å². The van der Waals surface area contributed by atoms with Crippen LogP contribution in [0, 0.1) is 0 Å². The Labute approximate surface area is 191 Å². The minimum Gasteiger partial charge on any atom is -0.493 e. The first-order valence-corrected chi connectivity index (χ1v) is 11.0. The summed E-state index contributed by atoms with van der Waals surface area (Å²) in [4.78, 5) is 21.8. The SMILES string of the molecule is COc1cc(-c2nc(SC)ncc2C(=O)NCCOc2ccccc2)cc(OC)c1OC. The molecule has 1 amide bonds. The average molecular weight is 456 g/mol. The summed E-state index contributed by atoms with van der Waals surface area (Å²) in [5, 5.41) is 3.40. The van der Waals surface area contributed by atoms with Crippen molar-refractivity contribution in [2.24, 2.45) is 0 Å². The number of para-hydroxylation sites is 1. The second kappa shape index (κ2) is 11.2. The number of benzene rings is 2. The molecule has 32 heavy (non-hydrogen) atoms. The minimum absolute atomic E-state index is 0.307. The summed E-state index contributed by atoms with van der Waals surface area (Å²) in [6, 6.07) is 12.9. The monoisotopic (exact) mass is 455 g/mol. The lowest BCUT2D eigenvalue weighted by molar-refractivity contribution is 0.0946. The van der Waals surface area contributed by atoms with Gasteiger partial charge in [-0.15, -0.1) is 0 Å². The first-order chi connectivity index (χ1) is 15.6. The summed E-state index contributed by atoms with van der Waals surface area (Å²) in [5.41, 5.74) is 1.43. The summed E-state index contributed by atoms with van der Waals surface area (Å²) in [7, 11) is 4.61. The third-order valence-electron chi connectivity index (χ3n) is 4.53. The topological polar surface area (TPSA) is 91.8 Å². The second-order valence-electron chi connectivity index (χ2n) is 6.45.